The molecule has 2 aromatic carbocycles. The molecule has 2 amide bonds. The Labute approximate surface area is 161 Å². The highest BCUT2D eigenvalue weighted by atomic mass is 16.2. The summed E-state index contributed by atoms with van der Waals surface area (Å²) in [6.45, 7) is 6.51. The molecule has 27 heavy (non-hydrogen) atoms. The van der Waals surface area contributed by atoms with Crippen LogP contribution in [-0.2, 0) is 6.42 Å². The molecule has 2 aliphatic heterocycles. The van der Waals surface area contributed by atoms with Gasteiger partial charge in [0.05, 0.1) is 0 Å². The van der Waals surface area contributed by atoms with Crippen LogP contribution in [0.4, 0.5) is 10.5 Å². The van der Waals surface area contributed by atoms with Gasteiger partial charge in [-0.3, -0.25) is 9.80 Å². The van der Waals surface area contributed by atoms with Gasteiger partial charge in [-0.2, -0.15) is 0 Å². The number of urea groups is 1. The Balaban J connectivity index is 1.32. The maximum absolute atomic E-state index is 13.1. The second kappa shape index (κ2) is 7.97. The van der Waals surface area contributed by atoms with Crippen molar-refractivity contribution >= 4 is 17.8 Å². The van der Waals surface area contributed by atoms with Gasteiger partial charge in [0.15, 0.2) is 0 Å². The lowest BCUT2D eigenvalue weighted by molar-refractivity contribution is 0.150. The molecule has 4 rings (SSSR count). The number of carbonyl (C=O) groups excluding carboxylic acids is 1. The van der Waals surface area contributed by atoms with Gasteiger partial charge in [-0.1, -0.05) is 60.7 Å². The molecule has 0 N–H and O–H groups in total. The molecule has 4 nitrogen and oxygen atoms in total. The van der Waals surface area contributed by atoms with Crippen molar-refractivity contribution < 1.29 is 4.79 Å². The molecule has 0 spiro atoms. The second-order valence-electron chi connectivity index (χ2n) is 7.44. The van der Waals surface area contributed by atoms with Gasteiger partial charge < -0.3 is 4.90 Å². The Hall–Kier alpha value is -2.59. The molecule has 140 valence electrons. The van der Waals surface area contributed by atoms with Crippen molar-refractivity contribution in [3.8, 4) is 0 Å². The zero-order valence-electron chi connectivity index (χ0n) is 15.9. The highest BCUT2D eigenvalue weighted by molar-refractivity contribution is 5.95. The molecule has 0 aromatic heterocycles. The van der Waals surface area contributed by atoms with E-state index in [0.717, 1.165) is 44.8 Å². The number of anilines is 1. The van der Waals surface area contributed by atoms with Crippen LogP contribution in [0.25, 0.3) is 6.08 Å². The van der Waals surface area contributed by atoms with Crippen LogP contribution in [0.2, 0.25) is 0 Å². The van der Waals surface area contributed by atoms with E-state index in [4.69, 9.17) is 0 Å². The van der Waals surface area contributed by atoms with Crippen LogP contribution < -0.4 is 4.90 Å². The maximum atomic E-state index is 13.1. The lowest BCUT2D eigenvalue weighted by Crippen LogP contribution is -2.54. The summed E-state index contributed by atoms with van der Waals surface area (Å²) >= 11 is 0. The topological polar surface area (TPSA) is 26.8 Å². The number of hydrogen-bond donors (Lipinski definition) is 0. The van der Waals surface area contributed by atoms with Gasteiger partial charge in [0.1, 0.15) is 0 Å². The first-order valence-electron chi connectivity index (χ1n) is 9.82. The van der Waals surface area contributed by atoms with Crippen molar-refractivity contribution in [3.63, 3.8) is 0 Å². The van der Waals surface area contributed by atoms with Gasteiger partial charge in [0.25, 0.3) is 0 Å². The van der Waals surface area contributed by atoms with Gasteiger partial charge in [-0.15, -0.1) is 0 Å². The molecular weight excluding hydrogens is 334 g/mol. The fourth-order valence-corrected chi connectivity index (χ4v) is 4.03. The Morgan fingerprint density at radius 3 is 2.48 bits per heavy atom. The third-order valence-electron chi connectivity index (χ3n) is 5.53. The van der Waals surface area contributed by atoms with Crippen molar-refractivity contribution in [2.75, 3.05) is 37.6 Å². The summed E-state index contributed by atoms with van der Waals surface area (Å²) < 4.78 is 0. The summed E-state index contributed by atoms with van der Waals surface area (Å²) in [5.41, 5.74) is 3.60. The van der Waals surface area contributed by atoms with Gasteiger partial charge in [-0.25, -0.2) is 4.79 Å². The van der Waals surface area contributed by atoms with E-state index in [9.17, 15) is 4.79 Å². The molecule has 0 aliphatic carbocycles. The summed E-state index contributed by atoms with van der Waals surface area (Å²) in [4.78, 5) is 19.5. The molecule has 1 saturated heterocycles. The van der Waals surface area contributed by atoms with Crippen molar-refractivity contribution in [2.24, 2.45) is 0 Å². The van der Waals surface area contributed by atoms with Crippen LogP contribution in [-0.4, -0.2) is 54.6 Å². The van der Waals surface area contributed by atoms with E-state index < -0.39 is 0 Å². The van der Waals surface area contributed by atoms with Gasteiger partial charge in [0, 0.05) is 44.5 Å². The fourth-order valence-electron chi connectivity index (χ4n) is 4.03. The van der Waals surface area contributed by atoms with Gasteiger partial charge in [0.2, 0.25) is 0 Å². The molecule has 1 fully saturated rings. The van der Waals surface area contributed by atoms with Crippen LogP contribution in [0.1, 0.15) is 18.1 Å². The van der Waals surface area contributed by atoms with E-state index in [1.54, 1.807) is 0 Å². The maximum Gasteiger partial charge on any atom is 0.324 e. The largest absolute Gasteiger partial charge is 0.324 e. The third-order valence-corrected chi connectivity index (χ3v) is 5.53. The molecule has 0 bridgehead atoms. The average molecular weight is 361 g/mol. The van der Waals surface area contributed by atoms with Crippen molar-refractivity contribution in [1.82, 2.24) is 9.80 Å². The monoisotopic (exact) mass is 361 g/mol. The van der Waals surface area contributed by atoms with Crippen molar-refractivity contribution in [2.45, 2.75) is 19.4 Å². The van der Waals surface area contributed by atoms with Gasteiger partial charge in [-0.05, 0) is 30.5 Å². The standard InChI is InChI=1S/C23H27N3O/c1-19-18-21-11-5-6-12-22(21)26(19)23(27)25-16-14-24(15-17-25)13-7-10-20-8-3-2-4-9-20/h2-12,19H,13-18H2,1H3/b10-7+. The number of hydrogen-bond acceptors (Lipinski definition) is 2. The highest BCUT2D eigenvalue weighted by Crippen LogP contribution is 2.32. The minimum atomic E-state index is 0.159. The lowest BCUT2D eigenvalue weighted by atomic mass is 10.1. The predicted octanol–water partition coefficient (Wildman–Crippen LogP) is 3.89. The van der Waals surface area contributed by atoms with Crippen LogP contribution in [0.3, 0.4) is 0 Å². The molecular formula is C23H27N3O. The number of carbonyl (C=O) groups is 1. The molecule has 1 atom stereocenters. The highest BCUT2D eigenvalue weighted by Gasteiger charge is 2.34. The number of nitrogens with zero attached hydrogens (tertiary/aromatic N) is 3. The van der Waals surface area contributed by atoms with E-state index in [0.29, 0.717) is 0 Å². The summed E-state index contributed by atoms with van der Waals surface area (Å²) in [6.07, 6.45) is 5.33. The van der Waals surface area contributed by atoms with Crippen LogP contribution in [0.5, 0.6) is 0 Å². The zero-order valence-corrected chi connectivity index (χ0v) is 15.9. The first-order valence-corrected chi connectivity index (χ1v) is 9.82. The van der Waals surface area contributed by atoms with Crippen LogP contribution >= 0.6 is 0 Å². The minimum absolute atomic E-state index is 0.159. The fraction of sp³-hybridized carbons (Fsp3) is 0.348. The molecule has 0 radical (unpaired) electrons. The number of para-hydroxylation sites is 1. The Morgan fingerprint density at radius 2 is 1.70 bits per heavy atom. The number of rotatable bonds is 3. The van der Waals surface area contributed by atoms with E-state index in [1.807, 2.05) is 21.9 Å². The van der Waals surface area contributed by atoms with Crippen molar-refractivity contribution in [1.29, 1.82) is 0 Å². The Morgan fingerprint density at radius 1 is 1.00 bits per heavy atom. The first kappa shape index (κ1) is 17.8. The average Bonchev–Trinajstić information content (AvgIpc) is 3.04. The van der Waals surface area contributed by atoms with E-state index >= 15 is 0 Å². The van der Waals surface area contributed by atoms with Crippen molar-refractivity contribution in [3.05, 3.63) is 71.8 Å². The number of amides is 2. The summed E-state index contributed by atoms with van der Waals surface area (Å²) in [5, 5.41) is 0. The molecule has 1 unspecified atom stereocenters. The number of piperazine rings is 1. The third kappa shape index (κ3) is 3.91. The molecule has 2 heterocycles. The Kier molecular flexibility index (Phi) is 5.26. The number of benzene rings is 2. The summed E-state index contributed by atoms with van der Waals surface area (Å²) in [7, 11) is 0. The van der Waals surface area contributed by atoms with Crippen LogP contribution in [0, 0.1) is 0 Å². The van der Waals surface area contributed by atoms with E-state index in [2.05, 4.69) is 66.4 Å². The summed E-state index contributed by atoms with van der Waals surface area (Å²) in [5.74, 6) is 0. The van der Waals surface area contributed by atoms with Crippen LogP contribution in [0.15, 0.2) is 60.7 Å². The smallest absolute Gasteiger partial charge is 0.322 e. The molecule has 4 heteroatoms. The molecule has 0 saturated carbocycles. The molecule has 2 aromatic rings. The quantitative estimate of drug-likeness (QED) is 0.829. The van der Waals surface area contributed by atoms with E-state index in [-0.39, 0.29) is 12.1 Å². The lowest BCUT2D eigenvalue weighted by Gasteiger charge is -2.37. The number of fused-ring (bicyclic) bond motifs is 1. The van der Waals surface area contributed by atoms with Gasteiger partial charge >= 0.3 is 6.03 Å². The second-order valence-corrected chi connectivity index (χ2v) is 7.44. The Bertz CT molecular complexity index is 809. The zero-order chi connectivity index (χ0) is 18.6. The SMILES string of the molecule is CC1Cc2ccccc2N1C(=O)N1CCN(C/C=C/c2ccccc2)CC1. The first-order chi connectivity index (χ1) is 13.2. The normalized spacial score (nSPS) is 20.3. The van der Waals surface area contributed by atoms with E-state index in [1.165, 1.54) is 11.1 Å². The predicted molar refractivity (Wildman–Crippen MR) is 111 cm³/mol. The minimum Gasteiger partial charge on any atom is -0.322 e. The molecule has 2 aliphatic rings. The summed E-state index contributed by atoms with van der Waals surface area (Å²) in [6, 6.07) is 19.1.